The molecule has 1 saturated carbocycles. The molecule has 7 heteroatoms. The van der Waals surface area contributed by atoms with Crippen LogP contribution in [0.1, 0.15) is 33.6 Å². The second-order valence-corrected chi connectivity index (χ2v) is 5.06. The lowest BCUT2D eigenvalue weighted by atomic mass is 9.92. The Kier molecular flexibility index (Phi) is 3.91. The minimum atomic E-state index is -4.62. The van der Waals surface area contributed by atoms with E-state index in [0.29, 0.717) is 0 Å². The molecule has 0 heterocycles. The number of hydrogen-bond donors (Lipinski definition) is 1. The van der Waals surface area contributed by atoms with E-state index in [4.69, 9.17) is 4.74 Å². The average molecular weight is 255 g/mol. The number of nitrogens with one attached hydrogen (secondary N) is 1. The van der Waals surface area contributed by atoms with Crippen LogP contribution in [0.3, 0.4) is 0 Å². The highest BCUT2D eigenvalue weighted by molar-refractivity contribution is 5.68. The van der Waals surface area contributed by atoms with Gasteiger partial charge in [0.2, 0.25) is 0 Å². The van der Waals surface area contributed by atoms with Crippen LogP contribution in [0, 0.1) is 0 Å². The van der Waals surface area contributed by atoms with Gasteiger partial charge in [0.05, 0.1) is 6.10 Å². The van der Waals surface area contributed by atoms with Gasteiger partial charge in [0.15, 0.2) is 0 Å². The first kappa shape index (κ1) is 14.1. The van der Waals surface area contributed by atoms with Gasteiger partial charge in [-0.1, -0.05) is 0 Å². The molecule has 0 spiro atoms. The van der Waals surface area contributed by atoms with Gasteiger partial charge in [-0.25, -0.2) is 4.79 Å². The van der Waals surface area contributed by atoms with Crippen LogP contribution in [-0.4, -0.2) is 30.2 Å². The molecular weight excluding hydrogens is 239 g/mol. The standard InChI is InChI=1S/C10H16F3NO3/c1-9(2,3)14-8(15)16-6-4-7(5-6)17-10(11,12)13/h6-7H,4-5H2,1-3H3,(H,14,15). The Bertz CT molecular complexity index is 280. The molecule has 1 fully saturated rings. The smallest absolute Gasteiger partial charge is 0.446 e. The summed E-state index contributed by atoms with van der Waals surface area (Å²) in [7, 11) is 0. The maximum Gasteiger partial charge on any atom is 0.522 e. The fourth-order valence-electron chi connectivity index (χ4n) is 1.39. The lowest BCUT2D eigenvalue weighted by Gasteiger charge is -2.35. The van der Waals surface area contributed by atoms with Crippen LogP contribution in [0.15, 0.2) is 0 Å². The molecule has 0 saturated heterocycles. The van der Waals surface area contributed by atoms with Gasteiger partial charge in [-0.05, 0) is 20.8 Å². The van der Waals surface area contributed by atoms with E-state index >= 15 is 0 Å². The molecule has 1 aliphatic carbocycles. The molecule has 0 aromatic rings. The maximum absolute atomic E-state index is 11.8. The number of halogens is 3. The monoisotopic (exact) mass is 255 g/mol. The summed E-state index contributed by atoms with van der Waals surface area (Å²) in [5.74, 6) is 0. The van der Waals surface area contributed by atoms with Crippen molar-refractivity contribution in [2.45, 2.75) is 57.7 Å². The number of carbonyl (C=O) groups is 1. The van der Waals surface area contributed by atoms with Crippen molar-refractivity contribution in [2.24, 2.45) is 0 Å². The van der Waals surface area contributed by atoms with Crippen molar-refractivity contribution in [3.05, 3.63) is 0 Å². The van der Waals surface area contributed by atoms with Crippen LogP contribution in [0.4, 0.5) is 18.0 Å². The van der Waals surface area contributed by atoms with Crippen molar-refractivity contribution >= 4 is 6.09 Å². The highest BCUT2D eigenvalue weighted by Gasteiger charge is 2.41. The summed E-state index contributed by atoms with van der Waals surface area (Å²) in [4.78, 5) is 11.3. The van der Waals surface area contributed by atoms with E-state index in [-0.39, 0.29) is 12.8 Å². The van der Waals surface area contributed by atoms with E-state index in [0.717, 1.165) is 0 Å². The molecular formula is C10H16F3NO3. The van der Waals surface area contributed by atoms with Crippen LogP contribution in [-0.2, 0) is 9.47 Å². The van der Waals surface area contributed by atoms with Gasteiger partial charge in [-0.3, -0.25) is 4.74 Å². The summed E-state index contributed by atoms with van der Waals surface area (Å²) in [6, 6.07) is 0. The molecule has 0 bridgehead atoms. The topological polar surface area (TPSA) is 47.6 Å². The Balaban J connectivity index is 2.19. The van der Waals surface area contributed by atoms with Crippen molar-refractivity contribution in [1.82, 2.24) is 5.32 Å². The van der Waals surface area contributed by atoms with Crippen molar-refractivity contribution in [1.29, 1.82) is 0 Å². The highest BCUT2D eigenvalue weighted by Crippen LogP contribution is 2.32. The first-order chi connectivity index (χ1) is 7.55. The molecule has 4 nitrogen and oxygen atoms in total. The lowest BCUT2D eigenvalue weighted by molar-refractivity contribution is -0.355. The number of ether oxygens (including phenoxy) is 2. The molecule has 1 amide bonds. The fraction of sp³-hybridized carbons (Fsp3) is 0.900. The molecule has 0 aliphatic heterocycles. The predicted molar refractivity (Wildman–Crippen MR) is 53.3 cm³/mol. The molecule has 0 radical (unpaired) electrons. The molecule has 100 valence electrons. The lowest BCUT2D eigenvalue weighted by Crippen LogP contribution is -2.47. The fourth-order valence-corrected chi connectivity index (χ4v) is 1.39. The molecule has 1 aliphatic rings. The van der Waals surface area contributed by atoms with Crippen LogP contribution in [0.2, 0.25) is 0 Å². The van der Waals surface area contributed by atoms with E-state index in [9.17, 15) is 18.0 Å². The van der Waals surface area contributed by atoms with Gasteiger partial charge >= 0.3 is 12.5 Å². The van der Waals surface area contributed by atoms with Crippen LogP contribution in [0.25, 0.3) is 0 Å². The van der Waals surface area contributed by atoms with E-state index in [1.165, 1.54) is 0 Å². The second kappa shape index (κ2) is 4.72. The van der Waals surface area contributed by atoms with Crippen molar-refractivity contribution in [3.8, 4) is 0 Å². The summed E-state index contributed by atoms with van der Waals surface area (Å²) in [6.45, 7) is 5.35. The number of rotatable bonds is 2. The van der Waals surface area contributed by atoms with Crippen molar-refractivity contribution in [2.75, 3.05) is 0 Å². The Labute approximate surface area is 97.5 Å². The number of alkyl carbamates (subject to hydrolysis) is 1. The predicted octanol–water partition coefficient (Wildman–Crippen LogP) is 2.58. The first-order valence-corrected chi connectivity index (χ1v) is 5.28. The third kappa shape index (κ3) is 5.76. The van der Waals surface area contributed by atoms with E-state index in [2.05, 4.69) is 10.1 Å². The number of amides is 1. The molecule has 1 rings (SSSR count). The Morgan fingerprint density at radius 2 is 1.71 bits per heavy atom. The maximum atomic E-state index is 11.8. The minimum Gasteiger partial charge on any atom is -0.446 e. The van der Waals surface area contributed by atoms with Gasteiger partial charge < -0.3 is 10.1 Å². The SMILES string of the molecule is CC(C)(C)NC(=O)OC1CC(OC(F)(F)F)C1. The first-order valence-electron chi connectivity index (χ1n) is 5.28. The van der Waals surface area contributed by atoms with E-state index in [1.807, 2.05) is 0 Å². The normalized spacial score (nSPS) is 25.1. The quantitative estimate of drug-likeness (QED) is 0.825. The Hall–Kier alpha value is -0.980. The average Bonchev–Trinajstić information content (AvgIpc) is 1.93. The minimum absolute atomic E-state index is 0.0804. The molecule has 0 aromatic carbocycles. The summed E-state index contributed by atoms with van der Waals surface area (Å²) in [5.41, 5.74) is -0.428. The van der Waals surface area contributed by atoms with Gasteiger partial charge in [0.25, 0.3) is 0 Å². The highest BCUT2D eigenvalue weighted by atomic mass is 19.4. The zero-order chi connectivity index (χ0) is 13.3. The van der Waals surface area contributed by atoms with Gasteiger partial charge in [-0.2, -0.15) is 0 Å². The summed E-state index contributed by atoms with van der Waals surface area (Å²) in [5, 5.41) is 2.56. The summed E-state index contributed by atoms with van der Waals surface area (Å²) in [6.07, 6.45) is -6.47. The van der Waals surface area contributed by atoms with Crippen molar-refractivity contribution < 1.29 is 27.4 Å². The van der Waals surface area contributed by atoms with Gasteiger partial charge in [0.1, 0.15) is 6.10 Å². The van der Waals surface area contributed by atoms with Crippen molar-refractivity contribution in [3.63, 3.8) is 0 Å². The van der Waals surface area contributed by atoms with Crippen LogP contribution in [0.5, 0.6) is 0 Å². The zero-order valence-corrected chi connectivity index (χ0v) is 9.93. The van der Waals surface area contributed by atoms with E-state index in [1.54, 1.807) is 20.8 Å². The third-order valence-corrected chi connectivity index (χ3v) is 2.10. The largest absolute Gasteiger partial charge is 0.522 e. The number of hydrogen-bond acceptors (Lipinski definition) is 3. The second-order valence-electron chi connectivity index (χ2n) is 5.06. The van der Waals surface area contributed by atoms with Gasteiger partial charge in [0, 0.05) is 18.4 Å². The third-order valence-electron chi connectivity index (χ3n) is 2.10. The molecule has 1 N–H and O–H groups in total. The zero-order valence-electron chi connectivity index (χ0n) is 9.93. The molecule has 0 unspecified atom stereocenters. The summed E-state index contributed by atoms with van der Waals surface area (Å²) < 4.78 is 44.1. The van der Waals surface area contributed by atoms with Crippen LogP contribution < -0.4 is 5.32 Å². The van der Waals surface area contributed by atoms with Gasteiger partial charge in [-0.15, -0.1) is 13.2 Å². The van der Waals surface area contributed by atoms with E-state index < -0.39 is 30.2 Å². The summed E-state index contributed by atoms with van der Waals surface area (Å²) >= 11 is 0. The Morgan fingerprint density at radius 1 is 1.18 bits per heavy atom. The number of carbonyl (C=O) groups excluding carboxylic acids is 1. The molecule has 17 heavy (non-hydrogen) atoms. The Morgan fingerprint density at radius 3 is 2.12 bits per heavy atom. The molecule has 0 aromatic heterocycles. The van der Waals surface area contributed by atoms with Crippen LogP contribution >= 0.6 is 0 Å². The molecule has 0 atom stereocenters. The number of alkyl halides is 3.